The van der Waals surface area contributed by atoms with Crippen molar-refractivity contribution in [2.45, 2.75) is 85.1 Å². The Balaban J connectivity index is 0.00000256. The van der Waals surface area contributed by atoms with Gasteiger partial charge in [0.1, 0.15) is 0 Å². The molecule has 1 unspecified atom stereocenters. The van der Waals surface area contributed by atoms with Crippen molar-refractivity contribution in [3.63, 3.8) is 0 Å². The van der Waals surface area contributed by atoms with Crippen LogP contribution in [0.2, 0.25) is 0 Å². The average Bonchev–Trinajstić information content (AvgIpc) is 2.96. The van der Waals surface area contributed by atoms with E-state index in [1.165, 1.54) is 5.57 Å². The van der Waals surface area contributed by atoms with Gasteiger partial charge in [-0.05, 0) is 106 Å². The fraction of sp³-hybridized carbons (Fsp3) is 0.760. The van der Waals surface area contributed by atoms with Crippen molar-refractivity contribution in [3.05, 3.63) is 23.3 Å². The van der Waals surface area contributed by atoms with Gasteiger partial charge in [-0.1, -0.05) is 19.9 Å². The van der Waals surface area contributed by atoms with Gasteiger partial charge in [-0.2, -0.15) is 0 Å². The van der Waals surface area contributed by atoms with E-state index in [0.29, 0.717) is 29.7 Å². The number of carboxylic acids is 1. The van der Waals surface area contributed by atoms with Crippen LogP contribution < -0.4 is 5.32 Å². The van der Waals surface area contributed by atoms with Crippen LogP contribution in [-0.2, 0) is 9.59 Å². The van der Waals surface area contributed by atoms with Crippen LogP contribution in [0.5, 0.6) is 0 Å². The molecule has 0 spiro atoms. The predicted octanol–water partition coefficient (Wildman–Crippen LogP) is 4.45. The SMILES string of the molecule is CC(C)(C)NC(=O)C1CC[C@H]2[C@@H]3CC=C4C=C(C(=O)O)CC[C@]4(C)[C@@H]3CC[C@]12C.[NaH]. The summed E-state index contributed by atoms with van der Waals surface area (Å²) in [5, 5.41) is 12.7. The number of amides is 1. The van der Waals surface area contributed by atoms with Gasteiger partial charge < -0.3 is 10.4 Å². The summed E-state index contributed by atoms with van der Waals surface area (Å²) in [5.41, 5.74) is 1.82. The Morgan fingerprint density at radius 1 is 1.10 bits per heavy atom. The second-order valence-corrected chi connectivity index (χ2v) is 11.6. The van der Waals surface area contributed by atoms with Crippen LogP contribution in [0.3, 0.4) is 0 Å². The van der Waals surface area contributed by atoms with Crippen molar-refractivity contribution in [2.75, 3.05) is 0 Å². The monoisotopic (exact) mass is 423 g/mol. The molecule has 0 bridgehead atoms. The number of carbonyl (C=O) groups is 2. The van der Waals surface area contributed by atoms with E-state index in [9.17, 15) is 14.7 Å². The summed E-state index contributed by atoms with van der Waals surface area (Å²) in [6.45, 7) is 10.9. The Kier molecular flexibility index (Phi) is 6.48. The van der Waals surface area contributed by atoms with Crippen LogP contribution in [-0.4, -0.2) is 52.1 Å². The molecule has 1 amide bonds. The summed E-state index contributed by atoms with van der Waals surface area (Å²) in [7, 11) is 0. The number of carbonyl (C=O) groups excluding carboxylic acids is 1. The zero-order valence-electron chi connectivity index (χ0n) is 18.7. The van der Waals surface area contributed by atoms with E-state index in [0.717, 1.165) is 38.5 Å². The van der Waals surface area contributed by atoms with Crippen molar-refractivity contribution in [2.24, 2.45) is 34.5 Å². The molecular formula is C25H38NNaO3. The van der Waals surface area contributed by atoms with Crippen LogP contribution in [0.25, 0.3) is 0 Å². The molecule has 0 aromatic rings. The number of carboxylic acid groups (broad SMARTS) is 1. The first-order valence-corrected chi connectivity index (χ1v) is 11.4. The molecule has 2 N–H and O–H groups in total. The minimum atomic E-state index is -0.769. The Bertz CT molecular complexity index is 795. The van der Waals surface area contributed by atoms with Crippen molar-refractivity contribution in [1.82, 2.24) is 5.32 Å². The Morgan fingerprint density at radius 3 is 2.43 bits per heavy atom. The van der Waals surface area contributed by atoms with Crippen molar-refractivity contribution in [1.29, 1.82) is 0 Å². The van der Waals surface area contributed by atoms with Gasteiger partial charge in [-0.25, -0.2) is 4.79 Å². The number of hydrogen-bond donors (Lipinski definition) is 2. The standard InChI is InChI=1S/C25H37NO3.Na.H/c1-23(2,3)26-21(27)20-9-8-18-17-7-6-16-14-15(22(28)29)10-12-24(16,4)19(17)11-13-25(18,20)5;;/h6,14,17-20H,7-13H2,1-5H3,(H,26,27)(H,28,29);;/t17-,18-,19+,20?,24-,25-;;/m0../s1. The van der Waals surface area contributed by atoms with Crippen molar-refractivity contribution < 1.29 is 14.7 Å². The maximum atomic E-state index is 13.1. The molecule has 0 saturated heterocycles. The fourth-order valence-corrected chi connectivity index (χ4v) is 7.38. The fourth-order valence-electron chi connectivity index (χ4n) is 7.38. The second-order valence-electron chi connectivity index (χ2n) is 11.6. The third kappa shape index (κ3) is 3.86. The van der Waals surface area contributed by atoms with E-state index in [-0.39, 0.29) is 57.8 Å². The molecule has 0 heterocycles. The summed E-state index contributed by atoms with van der Waals surface area (Å²) < 4.78 is 0. The van der Waals surface area contributed by atoms with Gasteiger partial charge in [0.25, 0.3) is 0 Å². The number of fused-ring (bicyclic) bond motifs is 5. The number of nitrogens with one attached hydrogen (secondary N) is 1. The molecule has 0 aromatic carbocycles. The normalized spacial score (nSPS) is 40.0. The van der Waals surface area contributed by atoms with Crippen LogP contribution in [0.1, 0.15) is 79.6 Å². The molecule has 4 rings (SSSR count). The summed E-state index contributed by atoms with van der Waals surface area (Å²) in [4.78, 5) is 24.6. The molecule has 0 aromatic heterocycles. The minimum absolute atomic E-state index is 0. The molecule has 6 atom stereocenters. The molecule has 0 aliphatic heterocycles. The first-order chi connectivity index (χ1) is 13.5. The van der Waals surface area contributed by atoms with E-state index >= 15 is 0 Å². The van der Waals surface area contributed by atoms with Gasteiger partial charge in [-0.3, -0.25) is 4.79 Å². The quantitative estimate of drug-likeness (QED) is 0.645. The molecule has 30 heavy (non-hydrogen) atoms. The zero-order chi connectivity index (χ0) is 21.2. The van der Waals surface area contributed by atoms with Gasteiger partial charge in [0, 0.05) is 17.0 Å². The molecule has 2 fully saturated rings. The zero-order valence-corrected chi connectivity index (χ0v) is 18.7. The first kappa shape index (κ1) is 24.1. The van der Waals surface area contributed by atoms with E-state index in [1.807, 2.05) is 6.08 Å². The van der Waals surface area contributed by atoms with Gasteiger partial charge >= 0.3 is 35.5 Å². The topological polar surface area (TPSA) is 66.4 Å². The Labute approximate surface area is 203 Å². The molecule has 162 valence electrons. The van der Waals surface area contributed by atoms with Crippen molar-refractivity contribution in [3.8, 4) is 0 Å². The van der Waals surface area contributed by atoms with Gasteiger partial charge in [0.2, 0.25) is 5.91 Å². The molecule has 4 aliphatic carbocycles. The van der Waals surface area contributed by atoms with Crippen LogP contribution >= 0.6 is 0 Å². The first-order valence-electron chi connectivity index (χ1n) is 11.4. The van der Waals surface area contributed by atoms with Gasteiger partial charge in [0.05, 0.1) is 0 Å². The molecule has 4 aliphatic rings. The summed E-state index contributed by atoms with van der Waals surface area (Å²) in [6, 6.07) is 0. The number of aliphatic carboxylic acids is 1. The Hall–Kier alpha value is -0.580. The molecule has 4 nitrogen and oxygen atoms in total. The molecule has 5 heteroatoms. The summed E-state index contributed by atoms with van der Waals surface area (Å²) >= 11 is 0. The molecule has 0 radical (unpaired) electrons. The van der Waals surface area contributed by atoms with Gasteiger partial charge in [-0.15, -0.1) is 0 Å². The van der Waals surface area contributed by atoms with Crippen LogP contribution in [0, 0.1) is 34.5 Å². The number of rotatable bonds is 2. The van der Waals surface area contributed by atoms with E-state index in [1.54, 1.807) is 0 Å². The summed E-state index contributed by atoms with van der Waals surface area (Å²) in [6.07, 6.45) is 11.4. The molecule has 2 saturated carbocycles. The van der Waals surface area contributed by atoms with Crippen LogP contribution in [0.15, 0.2) is 23.3 Å². The van der Waals surface area contributed by atoms with Crippen molar-refractivity contribution >= 4 is 41.4 Å². The second kappa shape index (κ2) is 8.08. The maximum absolute atomic E-state index is 13.1. The van der Waals surface area contributed by atoms with Crippen LogP contribution in [0.4, 0.5) is 0 Å². The van der Waals surface area contributed by atoms with E-state index in [4.69, 9.17) is 0 Å². The summed E-state index contributed by atoms with van der Waals surface area (Å²) in [5.74, 6) is 1.42. The van der Waals surface area contributed by atoms with E-state index in [2.05, 4.69) is 46.0 Å². The average molecular weight is 424 g/mol. The third-order valence-corrected chi connectivity index (χ3v) is 8.86. The number of hydrogen-bond acceptors (Lipinski definition) is 2. The third-order valence-electron chi connectivity index (χ3n) is 8.86. The number of allylic oxidation sites excluding steroid dienone is 3. The predicted molar refractivity (Wildman–Crippen MR) is 121 cm³/mol. The Morgan fingerprint density at radius 2 is 1.80 bits per heavy atom. The molecular weight excluding hydrogens is 385 g/mol. The van der Waals surface area contributed by atoms with Gasteiger partial charge in [0.15, 0.2) is 0 Å². The van der Waals surface area contributed by atoms with E-state index < -0.39 is 5.97 Å².